The van der Waals surface area contributed by atoms with Gasteiger partial charge in [0, 0.05) is 68.1 Å². The largest absolute Gasteiger partial charge is 0.504 e. The van der Waals surface area contributed by atoms with E-state index < -0.39 is 158 Å². The fourth-order valence-corrected chi connectivity index (χ4v) is 11.8. The van der Waals surface area contributed by atoms with Gasteiger partial charge in [0.2, 0.25) is 35.4 Å². The van der Waals surface area contributed by atoms with E-state index in [9.17, 15) is 69.3 Å². The highest BCUT2D eigenvalue weighted by Gasteiger charge is 2.50. The number of aliphatic hydroxyl groups is 6. The molecule has 13 atom stereocenters. The first-order chi connectivity index (χ1) is 43.1. The Morgan fingerprint density at radius 2 is 1.34 bits per heavy atom. The number of hydrogen-bond acceptors (Lipinski definition) is 24. The number of phenolic OH excluding ortho intramolecular Hbond substituents is 1. The molecular formula is C59H72N10O19S2. The molecule has 0 aliphatic carbocycles. The molecule has 31 heteroatoms. The molecule has 0 spiro atoms. The SMILES string of the molecule is CCOCc1ccc(-c2ccc(-c3nnc(-c4ccc(C(=O)N[C@H]5C[C@H](O)CNC(=O)[C@@H]6[C@@H](O)[C@H](C)CN6C(=O)[C@H]([C@H](O)CCN)NC(=O)[C@H]([C@H](O)Cc6ccc(O)c(OSOOO)c6)NC(=O)[C@@H]6C[C@H](O)CN6C(=O)[C@H]([C@H](C)O)NC5=O)cc4)s3)cc2)cc1. The number of phenols is 1. The second-order valence-electron chi connectivity index (χ2n) is 22.1. The number of carbonyl (C=O) groups excluding carboxylic acids is 7. The summed E-state index contributed by atoms with van der Waals surface area (Å²) in [6.07, 6.45) is -12.2. The van der Waals surface area contributed by atoms with Crippen LogP contribution in [0.4, 0.5) is 0 Å². The summed E-state index contributed by atoms with van der Waals surface area (Å²) >= 11 is 1.39. The molecule has 90 heavy (non-hydrogen) atoms. The summed E-state index contributed by atoms with van der Waals surface area (Å²) in [5.74, 6) is -9.34. The van der Waals surface area contributed by atoms with Crippen molar-refractivity contribution in [1.82, 2.24) is 46.6 Å². The molecule has 0 radical (unpaired) electrons. The number of aromatic hydroxyl groups is 1. The molecule has 15 N–H and O–H groups in total. The van der Waals surface area contributed by atoms with E-state index in [1.54, 1.807) is 12.1 Å². The molecule has 0 unspecified atom stereocenters. The Hall–Kier alpha value is -7.76. The van der Waals surface area contributed by atoms with Crippen LogP contribution in [-0.2, 0) is 55.9 Å². The number of aliphatic hydroxyl groups excluding tert-OH is 6. The van der Waals surface area contributed by atoms with Gasteiger partial charge in [-0.05, 0) is 73.3 Å². The van der Waals surface area contributed by atoms with E-state index in [1.165, 1.54) is 42.5 Å². The summed E-state index contributed by atoms with van der Waals surface area (Å²) in [4.78, 5) is 103. The van der Waals surface area contributed by atoms with Gasteiger partial charge in [-0.3, -0.25) is 33.6 Å². The number of hydrogen-bond donors (Lipinski definition) is 14. The van der Waals surface area contributed by atoms with Gasteiger partial charge in [0.15, 0.2) is 11.5 Å². The lowest BCUT2D eigenvalue weighted by Gasteiger charge is -2.34. The zero-order chi connectivity index (χ0) is 64.9. The van der Waals surface area contributed by atoms with Crippen molar-refractivity contribution in [3.63, 3.8) is 0 Å². The smallest absolute Gasteiger partial charge is 0.261 e. The number of nitrogens with one attached hydrogen (secondary N) is 5. The first-order valence-electron chi connectivity index (χ1n) is 28.8. The fraction of sp³-hybridized carbons (Fsp3) is 0.441. The Labute approximate surface area is 524 Å². The molecule has 0 saturated carbocycles. The molecule has 4 aromatic carbocycles. The van der Waals surface area contributed by atoms with Crippen molar-refractivity contribution in [2.45, 2.75) is 126 Å². The molecule has 3 aliphatic heterocycles. The van der Waals surface area contributed by atoms with Crippen LogP contribution in [0.1, 0.15) is 61.5 Å². The van der Waals surface area contributed by atoms with Gasteiger partial charge in [-0.15, -0.1) is 10.2 Å². The lowest BCUT2D eigenvalue weighted by Crippen LogP contribution is -2.64. The van der Waals surface area contributed by atoms with Gasteiger partial charge < -0.3 is 86.8 Å². The summed E-state index contributed by atoms with van der Waals surface area (Å²) in [6.45, 7) is 3.95. The molecular weight excluding hydrogens is 1220 g/mol. The molecule has 3 fully saturated rings. The van der Waals surface area contributed by atoms with Crippen molar-refractivity contribution in [3.8, 4) is 43.8 Å². The van der Waals surface area contributed by atoms with Crippen LogP contribution >= 0.6 is 23.7 Å². The lowest BCUT2D eigenvalue weighted by molar-refractivity contribution is -0.433. The van der Waals surface area contributed by atoms with Crippen molar-refractivity contribution in [3.05, 3.63) is 108 Å². The van der Waals surface area contributed by atoms with Crippen LogP contribution in [0.5, 0.6) is 11.5 Å². The minimum Gasteiger partial charge on any atom is -0.504 e. The number of aromatic nitrogens is 2. The number of nitrogens with two attached hydrogens (primary N) is 1. The maximum atomic E-state index is 14.7. The quantitative estimate of drug-likeness (QED) is 0.0213. The highest BCUT2D eigenvalue weighted by atomic mass is 32.2. The van der Waals surface area contributed by atoms with Crippen LogP contribution in [0.15, 0.2) is 91.0 Å². The van der Waals surface area contributed by atoms with Gasteiger partial charge in [0.1, 0.15) is 46.3 Å². The predicted octanol–water partition coefficient (Wildman–Crippen LogP) is -0.558. The van der Waals surface area contributed by atoms with Crippen molar-refractivity contribution < 1.29 is 92.9 Å². The molecule has 3 saturated heterocycles. The number of amides is 7. The Morgan fingerprint density at radius 1 is 0.744 bits per heavy atom. The highest BCUT2D eigenvalue weighted by Crippen LogP contribution is 2.34. The Bertz CT molecular complexity index is 3310. The van der Waals surface area contributed by atoms with Gasteiger partial charge in [0.25, 0.3) is 18.2 Å². The number of nitrogens with zero attached hydrogens (tertiary/aromatic N) is 4. The van der Waals surface area contributed by atoms with E-state index in [4.69, 9.17) is 19.9 Å². The van der Waals surface area contributed by atoms with E-state index >= 15 is 0 Å². The van der Waals surface area contributed by atoms with E-state index in [1.807, 2.05) is 55.5 Å². The van der Waals surface area contributed by atoms with Crippen molar-refractivity contribution in [2.75, 3.05) is 32.8 Å². The maximum Gasteiger partial charge on any atom is 0.261 e. The third-order valence-corrected chi connectivity index (χ3v) is 17.0. The number of carbonyl (C=O) groups is 7. The van der Waals surface area contributed by atoms with Crippen LogP contribution in [0.25, 0.3) is 32.3 Å². The first kappa shape index (κ1) is 68.2. The Morgan fingerprint density at radius 3 is 1.98 bits per heavy atom. The molecule has 7 amide bonds. The molecule has 3 aliphatic rings. The maximum absolute atomic E-state index is 14.7. The standard InChI is InChI=1S/C59H72N10O19S2/c1-4-85-28-31-5-8-33(9-6-31)34-10-14-36(15-11-34)56-66-67-57(89-56)37-16-12-35(13-17-37)51(77)62-40-23-38(71)25-61-55(81)49-50(76)29(2)26-69(49)59(83)48(43(74)19-20-60)65-54(80)47(44(75)21-32-7-18-42(73)45(22-32)86-90-88-87-84)64-53(79)41-24-39(72)27-68(41)58(82)46(30(3)70)63-52(40)78/h5-18,22,29-30,38-41,43-44,46-50,70-76,84H,4,19-21,23-28,60H2,1-3H3,(H,61,81)(H,62,77)(H,63,78)(H,64,79)(H,65,80)/t29-,30+,38+,39+,40+,41+,43-,44-,46+,47+,48+,49+,50+/m1/s1. The summed E-state index contributed by atoms with van der Waals surface area (Å²) in [5, 5.41) is 113. The monoisotopic (exact) mass is 1290 g/mol. The Kier molecular flexibility index (Phi) is 23.7. The number of β-amino-alcohol motifs (C(OH)–C–C–N with tert-alkyl or cyclic N) is 1. The number of rotatable bonds is 19. The number of fused-ring (bicyclic) bond motifs is 2. The number of benzene rings is 4. The third kappa shape index (κ3) is 16.8. The average Bonchev–Trinajstić information content (AvgIpc) is 2.02. The van der Waals surface area contributed by atoms with Crippen molar-refractivity contribution in [2.24, 2.45) is 11.7 Å². The van der Waals surface area contributed by atoms with Crippen LogP contribution in [0, 0.1) is 5.92 Å². The van der Waals surface area contributed by atoms with Gasteiger partial charge in [0.05, 0.1) is 43.2 Å². The minimum absolute atomic E-state index is 0.0206. The van der Waals surface area contributed by atoms with E-state index in [-0.39, 0.29) is 48.7 Å². The second kappa shape index (κ2) is 31.3. The molecule has 29 nitrogen and oxygen atoms in total. The molecule has 5 aromatic rings. The number of ether oxygens (including phenoxy) is 1. The van der Waals surface area contributed by atoms with Gasteiger partial charge in [-0.2, -0.15) is 0 Å². The summed E-state index contributed by atoms with van der Waals surface area (Å²) in [6, 6.07) is 14.5. The van der Waals surface area contributed by atoms with Crippen molar-refractivity contribution >= 4 is 65.0 Å². The zero-order valence-corrected chi connectivity index (χ0v) is 50.6. The Balaban J connectivity index is 1.06. The van der Waals surface area contributed by atoms with Crippen LogP contribution in [0.2, 0.25) is 0 Å². The van der Waals surface area contributed by atoms with Gasteiger partial charge in [-0.1, -0.05) is 94.4 Å². The average molecular weight is 1290 g/mol. The summed E-state index contributed by atoms with van der Waals surface area (Å²) in [7, 11) is 0. The predicted molar refractivity (Wildman–Crippen MR) is 321 cm³/mol. The molecule has 4 heterocycles. The molecule has 0 bridgehead atoms. The van der Waals surface area contributed by atoms with E-state index in [0.29, 0.717) is 28.8 Å². The minimum atomic E-state index is -2.11. The molecule has 1 aromatic heterocycles. The van der Waals surface area contributed by atoms with Crippen molar-refractivity contribution in [1.29, 1.82) is 0 Å². The summed E-state index contributed by atoms with van der Waals surface area (Å²) in [5.41, 5.74) is 10.4. The summed E-state index contributed by atoms with van der Waals surface area (Å²) < 4.78 is 14.8. The van der Waals surface area contributed by atoms with Crippen LogP contribution in [0.3, 0.4) is 0 Å². The fourth-order valence-electron chi connectivity index (χ4n) is 10.7. The lowest BCUT2D eigenvalue weighted by atomic mass is 9.98. The van der Waals surface area contributed by atoms with Gasteiger partial charge >= 0.3 is 0 Å². The van der Waals surface area contributed by atoms with E-state index in [0.717, 1.165) is 45.0 Å². The second-order valence-corrected chi connectivity index (χ2v) is 23.5. The van der Waals surface area contributed by atoms with E-state index in [2.05, 4.69) is 46.2 Å². The van der Waals surface area contributed by atoms with Gasteiger partial charge in [-0.25, -0.2) is 5.26 Å². The normalized spacial score (nSPS) is 25.0. The topological polar surface area (TPSA) is 437 Å². The van der Waals surface area contributed by atoms with Crippen LogP contribution < -0.4 is 36.5 Å². The molecule has 8 rings (SSSR count). The highest BCUT2D eigenvalue weighted by molar-refractivity contribution is 7.90. The molecule has 484 valence electrons. The van der Waals surface area contributed by atoms with Crippen LogP contribution in [-0.4, -0.2) is 208 Å². The zero-order valence-electron chi connectivity index (χ0n) is 49.0. The first-order valence-corrected chi connectivity index (χ1v) is 30.3. The third-order valence-electron chi connectivity index (χ3n) is 15.6.